The Morgan fingerprint density at radius 3 is 3.00 bits per heavy atom. The minimum Gasteiger partial charge on any atom is -0.345 e. The number of nitrogens with one attached hydrogen (secondary N) is 2. The van der Waals surface area contributed by atoms with Crippen LogP contribution in [0.5, 0.6) is 0 Å². The molecule has 2 heterocycles. The molecule has 2 aromatic heterocycles. The molecule has 0 atom stereocenters. The van der Waals surface area contributed by atoms with Crippen molar-refractivity contribution < 1.29 is 4.79 Å². The van der Waals surface area contributed by atoms with E-state index in [2.05, 4.69) is 20.4 Å². The minimum atomic E-state index is -0.170. The smallest absolute Gasteiger partial charge is 0.244 e. The highest BCUT2D eigenvalue weighted by Crippen LogP contribution is 2.09. The SMILES string of the molecule is Cn1nccc1C=CC(=O)NCc1nc2ccccc2[nH]1. The summed E-state index contributed by atoms with van der Waals surface area (Å²) in [6, 6.07) is 9.60. The second-order valence-corrected chi connectivity index (χ2v) is 4.63. The third-order valence-electron chi connectivity index (χ3n) is 3.13. The van der Waals surface area contributed by atoms with E-state index in [-0.39, 0.29) is 5.91 Å². The minimum absolute atomic E-state index is 0.170. The molecule has 0 aliphatic rings. The summed E-state index contributed by atoms with van der Waals surface area (Å²) in [5, 5.41) is 6.82. The number of imidazole rings is 1. The standard InChI is InChI=1S/C15H15N5O/c1-20-11(8-9-17-20)6-7-15(21)16-10-14-18-12-4-2-3-5-13(12)19-14/h2-9H,10H2,1H3,(H,16,21)(H,18,19). The van der Waals surface area contributed by atoms with E-state index in [1.54, 1.807) is 17.0 Å². The highest BCUT2D eigenvalue weighted by molar-refractivity contribution is 5.91. The molecular formula is C15H15N5O. The van der Waals surface area contributed by atoms with Crippen LogP contribution in [0.25, 0.3) is 17.1 Å². The zero-order valence-corrected chi connectivity index (χ0v) is 11.6. The number of nitrogens with zero attached hydrogens (tertiary/aromatic N) is 3. The maximum Gasteiger partial charge on any atom is 0.244 e. The lowest BCUT2D eigenvalue weighted by Gasteiger charge is -1.98. The molecule has 0 bridgehead atoms. The molecule has 0 fully saturated rings. The van der Waals surface area contributed by atoms with Gasteiger partial charge in [-0.25, -0.2) is 4.98 Å². The lowest BCUT2D eigenvalue weighted by molar-refractivity contribution is -0.116. The Bertz CT molecular complexity index is 766. The molecule has 21 heavy (non-hydrogen) atoms. The molecule has 0 radical (unpaired) electrons. The molecule has 0 unspecified atom stereocenters. The van der Waals surface area contributed by atoms with Gasteiger partial charge in [-0.1, -0.05) is 12.1 Å². The number of carbonyl (C=O) groups excluding carboxylic acids is 1. The van der Waals surface area contributed by atoms with Crippen molar-refractivity contribution in [2.24, 2.45) is 7.05 Å². The van der Waals surface area contributed by atoms with Gasteiger partial charge in [-0.05, 0) is 24.3 Å². The van der Waals surface area contributed by atoms with Gasteiger partial charge in [0.05, 0.1) is 23.3 Å². The first-order valence-corrected chi connectivity index (χ1v) is 6.60. The van der Waals surface area contributed by atoms with Crippen LogP contribution in [-0.4, -0.2) is 25.7 Å². The number of rotatable bonds is 4. The third kappa shape index (κ3) is 3.00. The molecule has 0 aliphatic heterocycles. The number of aromatic nitrogens is 4. The van der Waals surface area contributed by atoms with Crippen LogP contribution in [0, 0.1) is 0 Å². The molecule has 6 nitrogen and oxygen atoms in total. The van der Waals surface area contributed by atoms with Gasteiger partial charge in [0.1, 0.15) is 5.82 Å². The molecular weight excluding hydrogens is 266 g/mol. The van der Waals surface area contributed by atoms with Crippen molar-refractivity contribution in [3.8, 4) is 0 Å². The van der Waals surface area contributed by atoms with Gasteiger partial charge in [0.2, 0.25) is 5.91 Å². The number of carbonyl (C=O) groups is 1. The van der Waals surface area contributed by atoms with Crippen molar-refractivity contribution in [2.45, 2.75) is 6.54 Å². The summed E-state index contributed by atoms with van der Waals surface area (Å²) < 4.78 is 1.70. The number of fused-ring (bicyclic) bond motifs is 1. The second-order valence-electron chi connectivity index (χ2n) is 4.63. The van der Waals surface area contributed by atoms with E-state index >= 15 is 0 Å². The first-order chi connectivity index (χ1) is 10.2. The summed E-state index contributed by atoms with van der Waals surface area (Å²) in [4.78, 5) is 19.3. The average Bonchev–Trinajstić information content (AvgIpc) is 3.08. The quantitative estimate of drug-likeness (QED) is 0.714. The van der Waals surface area contributed by atoms with Crippen LogP contribution in [0.1, 0.15) is 11.5 Å². The maximum absolute atomic E-state index is 11.8. The molecule has 2 N–H and O–H groups in total. The van der Waals surface area contributed by atoms with Crippen molar-refractivity contribution in [2.75, 3.05) is 0 Å². The summed E-state index contributed by atoms with van der Waals surface area (Å²) in [6.45, 7) is 0.364. The van der Waals surface area contributed by atoms with Crippen LogP contribution in [-0.2, 0) is 18.4 Å². The Kier molecular flexibility index (Phi) is 3.51. The predicted octanol–water partition coefficient (Wildman–Crippen LogP) is 1.63. The van der Waals surface area contributed by atoms with Gasteiger partial charge in [0.25, 0.3) is 0 Å². The van der Waals surface area contributed by atoms with E-state index < -0.39 is 0 Å². The van der Waals surface area contributed by atoms with E-state index in [0.717, 1.165) is 22.6 Å². The molecule has 3 rings (SSSR count). The summed E-state index contributed by atoms with van der Waals surface area (Å²) in [5.41, 5.74) is 2.73. The fraction of sp³-hybridized carbons (Fsp3) is 0.133. The summed E-state index contributed by atoms with van der Waals surface area (Å²) in [5.74, 6) is 0.565. The van der Waals surface area contributed by atoms with Crippen LogP contribution in [0.3, 0.4) is 0 Å². The van der Waals surface area contributed by atoms with Crippen LogP contribution in [0.4, 0.5) is 0 Å². The van der Waals surface area contributed by atoms with Gasteiger partial charge in [-0.2, -0.15) is 5.10 Å². The summed E-state index contributed by atoms with van der Waals surface area (Å²) >= 11 is 0. The van der Waals surface area contributed by atoms with Crippen LogP contribution >= 0.6 is 0 Å². The van der Waals surface area contributed by atoms with Gasteiger partial charge >= 0.3 is 0 Å². The zero-order valence-electron chi connectivity index (χ0n) is 11.6. The van der Waals surface area contributed by atoms with Crippen molar-refractivity contribution in [3.63, 3.8) is 0 Å². The van der Waals surface area contributed by atoms with Crippen molar-refractivity contribution in [1.29, 1.82) is 0 Å². The molecule has 1 aromatic carbocycles. The molecule has 1 amide bonds. The fourth-order valence-electron chi connectivity index (χ4n) is 2.03. The summed E-state index contributed by atoms with van der Waals surface area (Å²) in [6.07, 6.45) is 4.90. The molecule has 0 aliphatic carbocycles. The van der Waals surface area contributed by atoms with Gasteiger partial charge in [-0.3, -0.25) is 9.48 Å². The fourth-order valence-corrected chi connectivity index (χ4v) is 2.03. The molecule has 106 valence electrons. The third-order valence-corrected chi connectivity index (χ3v) is 3.13. The lowest BCUT2D eigenvalue weighted by atomic mass is 10.3. The summed E-state index contributed by atoms with van der Waals surface area (Å²) in [7, 11) is 1.83. The van der Waals surface area contributed by atoms with Crippen molar-refractivity contribution in [1.82, 2.24) is 25.1 Å². The van der Waals surface area contributed by atoms with E-state index in [1.807, 2.05) is 37.4 Å². The van der Waals surface area contributed by atoms with Gasteiger partial charge < -0.3 is 10.3 Å². The number of hydrogen-bond donors (Lipinski definition) is 2. The van der Waals surface area contributed by atoms with Crippen molar-refractivity contribution in [3.05, 3.63) is 54.1 Å². The van der Waals surface area contributed by atoms with E-state index in [0.29, 0.717) is 6.54 Å². The first kappa shape index (κ1) is 13.1. The number of benzene rings is 1. The predicted molar refractivity (Wildman–Crippen MR) is 80.2 cm³/mol. The Hall–Kier alpha value is -2.89. The first-order valence-electron chi connectivity index (χ1n) is 6.60. The highest BCUT2D eigenvalue weighted by Gasteiger charge is 2.03. The zero-order chi connectivity index (χ0) is 14.7. The van der Waals surface area contributed by atoms with Gasteiger partial charge in [0.15, 0.2) is 0 Å². The average molecular weight is 281 g/mol. The molecule has 6 heteroatoms. The van der Waals surface area contributed by atoms with Crippen LogP contribution in [0.2, 0.25) is 0 Å². The van der Waals surface area contributed by atoms with Gasteiger partial charge in [-0.15, -0.1) is 0 Å². The molecule has 0 spiro atoms. The molecule has 3 aromatic rings. The number of amides is 1. The highest BCUT2D eigenvalue weighted by atomic mass is 16.1. The molecule has 0 saturated carbocycles. The van der Waals surface area contributed by atoms with Crippen molar-refractivity contribution >= 4 is 23.0 Å². The Morgan fingerprint density at radius 1 is 1.38 bits per heavy atom. The Balaban J connectivity index is 1.60. The topological polar surface area (TPSA) is 75.6 Å². The largest absolute Gasteiger partial charge is 0.345 e. The number of aryl methyl sites for hydroxylation is 1. The number of para-hydroxylation sites is 2. The van der Waals surface area contributed by atoms with E-state index in [9.17, 15) is 4.79 Å². The van der Waals surface area contributed by atoms with Crippen LogP contribution in [0.15, 0.2) is 42.6 Å². The van der Waals surface area contributed by atoms with Crippen LogP contribution < -0.4 is 5.32 Å². The Labute approximate surface area is 121 Å². The Morgan fingerprint density at radius 2 is 2.24 bits per heavy atom. The number of hydrogen-bond acceptors (Lipinski definition) is 3. The van der Waals surface area contributed by atoms with E-state index in [4.69, 9.17) is 0 Å². The lowest BCUT2D eigenvalue weighted by Crippen LogP contribution is -2.20. The number of aromatic amines is 1. The second kappa shape index (κ2) is 5.62. The monoisotopic (exact) mass is 281 g/mol. The maximum atomic E-state index is 11.8. The normalized spacial score (nSPS) is 11.3. The number of H-pyrrole nitrogens is 1. The van der Waals surface area contributed by atoms with Gasteiger partial charge in [0, 0.05) is 19.3 Å². The van der Waals surface area contributed by atoms with E-state index in [1.165, 1.54) is 6.08 Å². The molecule has 0 saturated heterocycles.